The molecule has 140 valence electrons. The van der Waals surface area contributed by atoms with Gasteiger partial charge in [-0.3, -0.25) is 4.99 Å². The molecule has 0 saturated carbocycles. The Labute approximate surface area is 163 Å². The number of fused-ring (bicyclic) bond motifs is 1. The molecule has 1 fully saturated rings. The Hall–Kier alpha value is -2.73. The number of aliphatic imine (C=N–C) groups is 1. The van der Waals surface area contributed by atoms with Gasteiger partial charge in [0.05, 0.1) is 12.2 Å². The maximum atomic E-state index is 6.12. The minimum absolute atomic E-state index is 0.344. The molecule has 7 heteroatoms. The summed E-state index contributed by atoms with van der Waals surface area (Å²) in [5, 5.41) is 7.65. The lowest BCUT2D eigenvalue weighted by atomic mass is 10.2. The number of hydrogen-bond donors (Lipinski definition) is 2. The number of imidazole rings is 1. The van der Waals surface area contributed by atoms with E-state index in [1.165, 1.54) is 5.69 Å². The highest BCUT2D eigenvalue weighted by atomic mass is 35.5. The molecule has 3 aromatic rings. The lowest BCUT2D eigenvalue weighted by molar-refractivity contribution is 0.647. The average Bonchev–Trinajstić information content (AvgIpc) is 3.31. The molecule has 1 unspecified atom stereocenters. The van der Waals surface area contributed by atoms with Crippen LogP contribution in [0.5, 0.6) is 0 Å². The summed E-state index contributed by atoms with van der Waals surface area (Å²) in [5.74, 6) is 0.796. The summed E-state index contributed by atoms with van der Waals surface area (Å²) in [6.07, 6.45) is 5.09. The van der Waals surface area contributed by atoms with Crippen molar-refractivity contribution in [2.45, 2.75) is 19.0 Å². The number of anilines is 1. The number of rotatable bonds is 4. The summed E-state index contributed by atoms with van der Waals surface area (Å²) in [4.78, 5) is 11.3. The molecule has 1 saturated heterocycles. The van der Waals surface area contributed by atoms with Crippen molar-refractivity contribution in [3.63, 3.8) is 0 Å². The molecule has 0 spiro atoms. The fourth-order valence-electron chi connectivity index (χ4n) is 3.42. The van der Waals surface area contributed by atoms with Gasteiger partial charge in [-0.15, -0.1) is 0 Å². The number of halogens is 1. The molecule has 6 nitrogen and oxygen atoms in total. The van der Waals surface area contributed by atoms with Crippen LogP contribution in [0.1, 0.15) is 12.1 Å². The number of benzene rings is 1. The third kappa shape index (κ3) is 4.17. The molecule has 1 atom stereocenters. The van der Waals surface area contributed by atoms with Crippen LogP contribution in [-0.2, 0) is 6.54 Å². The zero-order chi connectivity index (χ0) is 18.6. The quantitative estimate of drug-likeness (QED) is 0.538. The van der Waals surface area contributed by atoms with Crippen molar-refractivity contribution in [2.75, 3.05) is 25.0 Å². The molecule has 0 bridgehead atoms. The van der Waals surface area contributed by atoms with Gasteiger partial charge in [0, 0.05) is 49.3 Å². The van der Waals surface area contributed by atoms with Crippen molar-refractivity contribution >= 4 is 28.9 Å². The lowest BCUT2D eigenvalue weighted by Crippen LogP contribution is -2.44. The Kier molecular flexibility index (Phi) is 5.16. The number of aromatic nitrogens is 2. The first-order chi connectivity index (χ1) is 13.2. The van der Waals surface area contributed by atoms with Gasteiger partial charge in [-0.05, 0) is 36.8 Å². The summed E-state index contributed by atoms with van der Waals surface area (Å²) in [6, 6.07) is 14.3. The van der Waals surface area contributed by atoms with E-state index < -0.39 is 0 Å². The van der Waals surface area contributed by atoms with Gasteiger partial charge in [0.15, 0.2) is 5.96 Å². The van der Waals surface area contributed by atoms with E-state index >= 15 is 0 Å². The first kappa shape index (κ1) is 17.7. The van der Waals surface area contributed by atoms with Gasteiger partial charge in [-0.1, -0.05) is 23.7 Å². The maximum absolute atomic E-state index is 6.12. The molecule has 4 rings (SSSR count). The fourth-order valence-corrected chi connectivity index (χ4v) is 3.60. The van der Waals surface area contributed by atoms with Crippen molar-refractivity contribution in [3.05, 3.63) is 65.6 Å². The second kappa shape index (κ2) is 7.88. The topological polar surface area (TPSA) is 57.0 Å². The molecule has 1 aromatic carbocycles. The van der Waals surface area contributed by atoms with Crippen LogP contribution in [0.2, 0.25) is 5.02 Å². The third-order valence-electron chi connectivity index (χ3n) is 4.78. The Morgan fingerprint density at radius 1 is 1.30 bits per heavy atom. The second-order valence-corrected chi connectivity index (χ2v) is 7.12. The van der Waals surface area contributed by atoms with Crippen molar-refractivity contribution in [1.29, 1.82) is 0 Å². The Morgan fingerprint density at radius 2 is 2.22 bits per heavy atom. The van der Waals surface area contributed by atoms with Crippen LogP contribution in [-0.4, -0.2) is 41.5 Å². The van der Waals surface area contributed by atoms with E-state index in [4.69, 9.17) is 11.6 Å². The van der Waals surface area contributed by atoms with E-state index in [0.717, 1.165) is 41.8 Å². The number of pyridine rings is 1. The van der Waals surface area contributed by atoms with E-state index in [1.54, 1.807) is 7.05 Å². The van der Waals surface area contributed by atoms with Gasteiger partial charge in [0.1, 0.15) is 5.65 Å². The van der Waals surface area contributed by atoms with Gasteiger partial charge in [-0.25, -0.2) is 4.98 Å². The molecule has 1 aliphatic heterocycles. The third-order valence-corrected chi connectivity index (χ3v) is 5.01. The van der Waals surface area contributed by atoms with Crippen LogP contribution in [0.4, 0.5) is 5.69 Å². The molecule has 0 aliphatic carbocycles. The maximum Gasteiger partial charge on any atom is 0.191 e. The fraction of sp³-hybridized carbons (Fsp3) is 0.300. The van der Waals surface area contributed by atoms with Crippen molar-refractivity contribution in [1.82, 2.24) is 20.0 Å². The first-order valence-corrected chi connectivity index (χ1v) is 9.49. The summed E-state index contributed by atoms with van der Waals surface area (Å²) in [6.45, 7) is 2.56. The van der Waals surface area contributed by atoms with E-state index in [2.05, 4.69) is 31.6 Å². The van der Waals surface area contributed by atoms with Crippen LogP contribution in [0.3, 0.4) is 0 Å². The van der Waals surface area contributed by atoms with E-state index in [0.29, 0.717) is 12.6 Å². The van der Waals surface area contributed by atoms with Gasteiger partial charge in [0.2, 0.25) is 0 Å². The minimum atomic E-state index is 0.344. The summed E-state index contributed by atoms with van der Waals surface area (Å²) >= 11 is 6.12. The van der Waals surface area contributed by atoms with Gasteiger partial charge >= 0.3 is 0 Å². The van der Waals surface area contributed by atoms with Crippen LogP contribution in [0.15, 0.2) is 59.9 Å². The molecule has 1 aliphatic rings. The van der Waals surface area contributed by atoms with Crippen molar-refractivity contribution < 1.29 is 0 Å². The van der Waals surface area contributed by atoms with Crippen molar-refractivity contribution in [2.24, 2.45) is 4.99 Å². The molecule has 0 amide bonds. The average molecular weight is 383 g/mol. The number of nitrogens with zero attached hydrogens (tertiary/aromatic N) is 4. The Balaban J connectivity index is 1.32. The Bertz CT molecular complexity index is 917. The zero-order valence-corrected chi connectivity index (χ0v) is 16.0. The first-order valence-electron chi connectivity index (χ1n) is 9.11. The second-order valence-electron chi connectivity index (χ2n) is 6.68. The van der Waals surface area contributed by atoms with Crippen LogP contribution in [0.25, 0.3) is 5.65 Å². The predicted octanol–water partition coefficient (Wildman–Crippen LogP) is 2.93. The van der Waals surface area contributed by atoms with Gasteiger partial charge in [-0.2, -0.15) is 0 Å². The lowest BCUT2D eigenvalue weighted by Gasteiger charge is -2.20. The summed E-state index contributed by atoms with van der Waals surface area (Å²) in [5.41, 5.74) is 3.10. The molecule has 2 aromatic heterocycles. The SMILES string of the molecule is CN=C(NCc1cn2ccccc2n1)NC1CCN(c2cccc(Cl)c2)C1. The zero-order valence-electron chi connectivity index (χ0n) is 15.3. The molecule has 0 radical (unpaired) electrons. The number of guanidine groups is 1. The largest absolute Gasteiger partial charge is 0.369 e. The van der Waals surface area contributed by atoms with Crippen molar-refractivity contribution in [3.8, 4) is 0 Å². The highest BCUT2D eigenvalue weighted by Crippen LogP contribution is 2.23. The Morgan fingerprint density at radius 3 is 3.04 bits per heavy atom. The smallest absolute Gasteiger partial charge is 0.191 e. The molecule has 27 heavy (non-hydrogen) atoms. The van der Waals surface area contributed by atoms with E-state index in [9.17, 15) is 0 Å². The van der Waals surface area contributed by atoms with Crippen LogP contribution in [0, 0.1) is 0 Å². The predicted molar refractivity (Wildman–Crippen MR) is 111 cm³/mol. The summed E-state index contributed by atoms with van der Waals surface area (Å²) in [7, 11) is 1.79. The highest BCUT2D eigenvalue weighted by Gasteiger charge is 2.23. The molecular formula is C20H23ClN6. The van der Waals surface area contributed by atoms with Crippen LogP contribution < -0.4 is 15.5 Å². The monoisotopic (exact) mass is 382 g/mol. The van der Waals surface area contributed by atoms with E-state index in [1.807, 2.05) is 53.2 Å². The minimum Gasteiger partial charge on any atom is -0.369 e. The normalized spacial score (nSPS) is 17.5. The van der Waals surface area contributed by atoms with Crippen LogP contribution >= 0.6 is 11.6 Å². The van der Waals surface area contributed by atoms with E-state index in [-0.39, 0.29) is 0 Å². The molecular weight excluding hydrogens is 360 g/mol. The van der Waals surface area contributed by atoms with Gasteiger partial charge in [0.25, 0.3) is 0 Å². The molecule has 3 heterocycles. The number of nitrogens with one attached hydrogen (secondary N) is 2. The number of hydrogen-bond acceptors (Lipinski definition) is 3. The standard InChI is InChI=1S/C20H23ClN6/c1-22-20(23-12-17-14-27-9-3-2-7-19(27)24-17)25-16-8-10-26(13-16)18-6-4-5-15(21)11-18/h2-7,9,11,14,16H,8,10,12-13H2,1H3,(H2,22,23,25). The van der Waals surface area contributed by atoms with Gasteiger partial charge < -0.3 is 19.9 Å². The molecule has 2 N–H and O–H groups in total. The highest BCUT2D eigenvalue weighted by molar-refractivity contribution is 6.30. The summed E-state index contributed by atoms with van der Waals surface area (Å²) < 4.78 is 2.02.